The zero-order valence-electron chi connectivity index (χ0n) is 14.2. The number of aromatic nitrogens is 1. The average Bonchev–Trinajstić information content (AvgIpc) is 3.01. The molecule has 0 saturated carbocycles. The minimum Gasteiger partial charge on any atom is -0.333 e. The number of hydrogen-bond acceptors (Lipinski definition) is 4. The average molecular weight is 343 g/mol. The molecule has 4 nitrogen and oxygen atoms in total. The van der Waals surface area contributed by atoms with Crippen molar-refractivity contribution in [1.82, 2.24) is 14.8 Å². The number of carbonyl (C=O) groups excluding carboxylic acids is 1. The Balaban J connectivity index is 1.78. The Morgan fingerprint density at radius 2 is 2.17 bits per heavy atom. The molecule has 0 radical (unpaired) electrons. The summed E-state index contributed by atoms with van der Waals surface area (Å²) < 4.78 is 0. The molecule has 1 aliphatic heterocycles. The van der Waals surface area contributed by atoms with Crippen LogP contribution >= 0.6 is 11.3 Å². The summed E-state index contributed by atoms with van der Waals surface area (Å²) in [6, 6.07) is 6.08. The van der Waals surface area contributed by atoms with Crippen molar-refractivity contribution >= 4 is 17.2 Å². The van der Waals surface area contributed by atoms with Crippen LogP contribution < -0.4 is 0 Å². The summed E-state index contributed by atoms with van der Waals surface area (Å²) >= 11 is 1.68. The van der Waals surface area contributed by atoms with Gasteiger partial charge in [0.1, 0.15) is 0 Å². The molecule has 3 heterocycles. The normalized spacial score (nSPS) is 19.0. The largest absolute Gasteiger partial charge is 0.333 e. The SMILES string of the molecule is CN1CCCCC[C@H]1C(=O)N(Cc1cccnc1)Cc1ccsc1. The quantitative estimate of drug-likeness (QED) is 0.833. The Hall–Kier alpha value is -1.72. The van der Waals surface area contributed by atoms with Gasteiger partial charge in [0.05, 0.1) is 6.04 Å². The fourth-order valence-electron chi connectivity index (χ4n) is 3.30. The van der Waals surface area contributed by atoms with Crippen molar-refractivity contribution in [3.63, 3.8) is 0 Å². The van der Waals surface area contributed by atoms with Gasteiger partial charge in [-0.05, 0) is 60.5 Å². The fraction of sp³-hybridized carbons (Fsp3) is 0.474. The lowest BCUT2D eigenvalue weighted by atomic mass is 10.1. The second-order valence-corrected chi connectivity index (χ2v) is 7.31. The number of pyridine rings is 1. The van der Waals surface area contributed by atoms with Crippen molar-refractivity contribution in [2.45, 2.75) is 44.8 Å². The molecule has 1 saturated heterocycles. The number of amides is 1. The van der Waals surface area contributed by atoms with Crippen LogP contribution in [0.15, 0.2) is 41.4 Å². The van der Waals surface area contributed by atoms with E-state index >= 15 is 0 Å². The van der Waals surface area contributed by atoms with Crippen LogP contribution in [-0.4, -0.2) is 40.3 Å². The molecule has 24 heavy (non-hydrogen) atoms. The molecule has 5 heteroatoms. The van der Waals surface area contributed by atoms with Gasteiger partial charge in [-0.2, -0.15) is 11.3 Å². The van der Waals surface area contributed by atoms with Crippen molar-refractivity contribution in [2.75, 3.05) is 13.6 Å². The third-order valence-electron chi connectivity index (χ3n) is 4.67. The van der Waals surface area contributed by atoms with Gasteiger partial charge in [-0.25, -0.2) is 0 Å². The molecular weight excluding hydrogens is 318 g/mol. The topological polar surface area (TPSA) is 36.4 Å². The van der Waals surface area contributed by atoms with E-state index in [0.717, 1.165) is 24.9 Å². The molecule has 0 N–H and O–H groups in total. The Morgan fingerprint density at radius 3 is 2.92 bits per heavy atom. The maximum Gasteiger partial charge on any atom is 0.240 e. The molecule has 0 aromatic carbocycles. The number of rotatable bonds is 5. The molecule has 0 aliphatic carbocycles. The van der Waals surface area contributed by atoms with Gasteiger partial charge >= 0.3 is 0 Å². The number of likely N-dealkylation sites (N-methyl/N-ethyl adjacent to an activating group) is 1. The van der Waals surface area contributed by atoms with Crippen LogP contribution in [0.1, 0.15) is 36.8 Å². The smallest absolute Gasteiger partial charge is 0.240 e. The van der Waals surface area contributed by atoms with Crippen molar-refractivity contribution in [1.29, 1.82) is 0 Å². The highest BCUT2D eigenvalue weighted by Gasteiger charge is 2.29. The van der Waals surface area contributed by atoms with Crippen molar-refractivity contribution in [2.24, 2.45) is 0 Å². The number of carbonyl (C=O) groups is 1. The summed E-state index contributed by atoms with van der Waals surface area (Å²) in [5, 5.41) is 4.19. The Morgan fingerprint density at radius 1 is 1.29 bits per heavy atom. The first-order chi connectivity index (χ1) is 11.7. The van der Waals surface area contributed by atoms with E-state index in [2.05, 4.69) is 33.8 Å². The molecule has 3 rings (SSSR count). The van der Waals surface area contributed by atoms with E-state index in [1.807, 2.05) is 23.2 Å². The van der Waals surface area contributed by atoms with Gasteiger partial charge in [0.2, 0.25) is 5.91 Å². The highest BCUT2D eigenvalue weighted by Crippen LogP contribution is 2.20. The summed E-state index contributed by atoms with van der Waals surface area (Å²) in [6.07, 6.45) is 8.13. The van der Waals surface area contributed by atoms with E-state index in [1.54, 1.807) is 17.5 Å². The van der Waals surface area contributed by atoms with Crippen LogP contribution in [-0.2, 0) is 17.9 Å². The summed E-state index contributed by atoms with van der Waals surface area (Å²) in [6.45, 7) is 2.30. The Bertz CT molecular complexity index is 629. The third kappa shape index (κ3) is 4.42. The molecule has 2 aromatic rings. The van der Waals surface area contributed by atoms with Crippen LogP contribution in [0.4, 0.5) is 0 Å². The third-order valence-corrected chi connectivity index (χ3v) is 5.40. The molecule has 1 fully saturated rings. The van der Waals surface area contributed by atoms with Gasteiger partial charge in [0.25, 0.3) is 0 Å². The minimum absolute atomic E-state index is 0.00260. The van der Waals surface area contributed by atoms with Crippen molar-refractivity contribution in [3.05, 3.63) is 52.5 Å². The molecule has 1 atom stereocenters. The predicted octanol–water partition coefficient (Wildman–Crippen LogP) is 3.55. The van der Waals surface area contributed by atoms with Gasteiger partial charge in [-0.15, -0.1) is 0 Å². The van der Waals surface area contributed by atoms with Crippen molar-refractivity contribution < 1.29 is 4.79 Å². The van der Waals surface area contributed by atoms with Crippen molar-refractivity contribution in [3.8, 4) is 0 Å². The standard InChI is InChI=1S/C19H25N3OS/c1-21-10-4-2-3-7-18(21)19(23)22(14-17-8-11-24-15-17)13-16-6-5-9-20-12-16/h5-6,8-9,11-12,15,18H,2-4,7,10,13-14H2,1H3/t18-/m0/s1. The molecule has 1 aliphatic rings. The number of likely N-dealkylation sites (tertiary alicyclic amines) is 1. The number of hydrogen-bond donors (Lipinski definition) is 0. The van der Waals surface area contributed by atoms with E-state index in [0.29, 0.717) is 13.1 Å². The molecular formula is C19H25N3OS. The Kier molecular flexibility index (Phi) is 5.99. The van der Waals surface area contributed by atoms with E-state index < -0.39 is 0 Å². The molecule has 0 spiro atoms. The Labute approximate surface area is 148 Å². The fourth-order valence-corrected chi connectivity index (χ4v) is 3.96. The summed E-state index contributed by atoms with van der Waals surface area (Å²) in [5.74, 6) is 0.245. The molecule has 0 unspecified atom stereocenters. The van der Waals surface area contributed by atoms with E-state index in [4.69, 9.17) is 0 Å². The highest BCUT2D eigenvalue weighted by atomic mass is 32.1. The van der Waals surface area contributed by atoms with Crippen LogP contribution in [0.2, 0.25) is 0 Å². The zero-order chi connectivity index (χ0) is 16.8. The van der Waals surface area contributed by atoms with Gasteiger partial charge in [0, 0.05) is 25.5 Å². The summed E-state index contributed by atoms with van der Waals surface area (Å²) in [5.41, 5.74) is 2.28. The molecule has 2 aromatic heterocycles. The lowest BCUT2D eigenvalue weighted by Gasteiger charge is -2.31. The first kappa shape index (κ1) is 17.1. The molecule has 128 valence electrons. The van der Waals surface area contributed by atoms with Gasteiger partial charge in [-0.3, -0.25) is 14.7 Å². The van der Waals surface area contributed by atoms with E-state index in [1.165, 1.54) is 18.4 Å². The maximum absolute atomic E-state index is 13.3. The minimum atomic E-state index is 0.00260. The van der Waals surface area contributed by atoms with Gasteiger partial charge in [-0.1, -0.05) is 18.9 Å². The number of thiophene rings is 1. The van der Waals surface area contributed by atoms with Crippen LogP contribution in [0, 0.1) is 0 Å². The van der Waals surface area contributed by atoms with Gasteiger partial charge < -0.3 is 4.90 Å². The van der Waals surface area contributed by atoms with Gasteiger partial charge in [0.15, 0.2) is 0 Å². The molecule has 1 amide bonds. The van der Waals surface area contributed by atoms with Crippen LogP contribution in [0.5, 0.6) is 0 Å². The maximum atomic E-state index is 13.3. The second kappa shape index (κ2) is 8.40. The summed E-state index contributed by atoms with van der Waals surface area (Å²) in [7, 11) is 2.08. The van der Waals surface area contributed by atoms with E-state index in [9.17, 15) is 4.79 Å². The van der Waals surface area contributed by atoms with E-state index in [-0.39, 0.29) is 11.9 Å². The second-order valence-electron chi connectivity index (χ2n) is 6.53. The van der Waals surface area contributed by atoms with Crippen LogP contribution in [0.25, 0.3) is 0 Å². The zero-order valence-corrected chi connectivity index (χ0v) is 15.0. The predicted molar refractivity (Wildman–Crippen MR) is 97.7 cm³/mol. The molecule has 0 bridgehead atoms. The first-order valence-electron chi connectivity index (χ1n) is 8.63. The first-order valence-corrected chi connectivity index (χ1v) is 9.57. The number of nitrogens with zero attached hydrogens (tertiary/aromatic N) is 3. The highest BCUT2D eigenvalue weighted by molar-refractivity contribution is 7.07. The summed E-state index contributed by atoms with van der Waals surface area (Å²) in [4.78, 5) is 21.7. The lowest BCUT2D eigenvalue weighted by molar-refractivity contribution is -0.138. The monoisotopic (exact) mass is 343 g/mol. The lowest BCUT2D eigenvalue weighted by Crippen LogP contribution is -2.46. The van der Waals surface area contributed by atoms with Crippen LogP contribution in [0.3, 0.4) is 0 Å².